The predicted molar refractivity (Wildman–Crippen MR) is 108 cm³/mol. The molecule has 1 heterocycles. The van der Waals surface area contributed by atoms with Crippen LogP contribution in [-0.2, 0) is 6.54 Å². The van der Waals surface area contributed by atoms with Crippen LogP contribution in [0.1, 0.15) is 17.3 Å². The molecule has 0 fully saturated rings. The van der Waals surface area contributed by atoms with Crippen LogP contribution >= 0.6 is 11.8 Å². The molecular weight excluding hydrogens is 396 g/mol. The summed E-state index contributed by atoms with van der Waals surface area (Å²) >= 11 is 1.28. The second-order valence-corrected chi connectivity index (χ2v) is 7.41. The Bertz CT molecular complexity index is 975. The number of aromatic nitrogens is 3. The molecule has 5 nitrogen and oxygen atoms in total. The zero-order chi connectivity index (χ0) is 20.8. The van der Waals surface area contributed by atoms with Crippen LogP contribution in [-0.4, -0.2) is 32.4 Å². The Labute approximate surface area is 171 Å². The van der Waals surface area contributed by atoms with Gasteiger partial charge in [-0.2, -0.15) is 8.78 Å². The first kappa shape index (κ1) is 20.7. The van der Waals surface area contributed by atoms with Crippen molar-refractivity contribution >= 4 is 17.5 Å². The van der Waals surface area contributed by atoms with Crippen LogP contribution in [0.5, 0.6) is 5.75 Å². The Hall–Kier alpha value is -3.00. The maximum Gasteiger partial charge on any atom is 0.387 e. The van der Waals surface area contributed by atoms with Crippen LogP contribution in [0.15, 0.2) is 72.4 Å². The van der Waals surface area contributed by atoms with Gasteiger partial charge in [-0.1, -0.05) is 48.2 Å². The van der Waals surface area contributed by atoms with Crippen molar-refractivity contribution in [2.75, 3.05) is 0 Å². The minimum absolute atomic E-state index is 0.00934. The number of ketones is 1. The second kappa shape index (κ2) is 9.47. The normalized spacial score (nSPS) is 12.0. The number of hydrogen-bond acceptors (Lipinski definition) is 5. The summed E-state index contributed by atoms with van der Waals surface area (Å²) in [5, 5.41) is 8.67. The van der Waals surface area contributed by atoms with Gasteiger partial charge in [-0.15, -0.1) is 16.8 Å². The quantitative estimate of drug-likeness (QED) is 0.277. The van der Waals surface area contributed by atoms with Gasteiger partial charge < -0.3 is 4.74 Å². The molecule has 0 aliphatic carbocycles. The topological polar surface area (TPSA) is 57.0 Å². The summed E-state index contributed by atoms with van der Waals surface area (Å²) in [5.74, 6) is 0.559. The number of nitrogens with zero attached hydrogens (tertiary/aromatic N) is 3. The number of hydrogen-bond donors (Lipinski definition) is 0. The van der Waals surface area contributed by atoms with E-state index in [4.69, 9.17) is 0 Å². The van der Waals surface area contributed by atoms with E-state index in [1.54, 1.807) is 13.0 Å². The van der Waals surface area contributed by atoms with E-state index < -0.39 is 11.9 Å². The summed E-state index contributed by atoms with van der Waals surface area (Å²) in [6, 6.07) is 15.3. The van der Waals surface area contributed by atoms with E-state index in [2.05, 4.69) is 21.5 Å². The first-order chi connectivity index (χ1) is 14.0. The highest BCUT2D eigenvalue weighted by Gasteiger charge is 2.21. The van der Waals surface area contributed by atoms with Crippen molar-refractivity contribution in [3.63, 3.8) is 0 Å². The summed E-state index contributed by atoms with van der Waals surface area (Å²) in [6.07, 6.45) is 1.74. The number of ether oxygens (including phenoxy) is 1. The van der Waals surface area contributed by atoms with E-state index in [0.29, 0.717) is 23.1 Å². The average Bonchev–Trinajstić information content (AvgIpc) is 3.11. The molecule has 3 rings (SSSR count). The number of rotatable bonds is 9. The van der Waals surface area contributed by atoms with Gasteiger partial charge in [-0.25, -0.2) is 0 Å². The van der Waals surface area contributed by atoms with Crippen molar-refractivity contribution in [3.8, 4) is 17.1 Å². The number of alkyl halides is 2. The van der Waals surface area contributed by atoms with Gasteiger partial charge in [0, 0.05) is 17.7 Å². The Morgan fingerprint density at radius 2 is 1.86 bits per heavy atom. The molecule has 1 aromatic heterocycles. The molecule has 2 aromatic carbocycles. The molecule has 0 unspecified atom stereocenters. The summed E-state index contributed by atoms with van der Waals surface area (Å²) < 4.78 is 30.7. The maximum absolute atomic E-state index is 12.7. The van der Waals surface area contributed by atoms with Gasteiger partial charge in [-0.05, 0) is 31.2 Å². The number of thioether (sulfide) groups is 1. The smallest absolute Gasteiger partial charge is 0.387 e. The SMILES string of the molecule is C=CCn1c(S[C@H](C)C(=O)c2ccc(OC(F)F)cc2)nnc1-c1ccccc1. The largest absolute Gasteiger partial charge is 0.435 e. The fraction of sp³-hybridized carbons (Fsp3) is 0.190. The standard InChI is InChI=1S/C21H19F2N3O2S/c1-3-13-26-19(16-7-5-4-6-8-16)24-25-21(26)29-14(2)18(27)15-9-11-17(12-10-15)28-20(22)23/h3-12,14,20H,1,13H2,2H3/t14-/m1/s1. The van der Waals surface area contributed by atoms with E-state index >= 15 is 0 Å². The van der Waals surface area contributed by atoms with Crippen LogP contribution in [0.2, 0.25) is 0 Å². The third-order valence-electron chi connectivity index (χ3n) is 4.08. The molecule has 0 amide bonds. The lowest BCUT2D eigenvalue weighted by Crippen LogP contribution is -2.15. The third-order valence-corrected chi connectivity index (χ3v) is 5.16. The van der Waals surface area contributed by atoms with Gasteiger partial charge in [0.1, 0.15) is 5.75 Å². The van der Waals surface area contributed by atoms with Crippen molar-refractivity contribution < 1.29 is 18.3 Å². The van der Waals surface area contributed by atoms with Gasteiger partial charge in [0.05, 0.1) is 5.25 Å². The van der Waals surface area contributed by atoms with Crippen LogP contribution in [0, 0.1) is 0 Å². The van der Waals surface area contributed by atoms with Crippen LogP contribution < -0.4 is 4.74 Å². The molecule has 0 radical (unpaired) electrons. The van der Waals surface area contributed by atoms with E-state index in [9.17, 15) is 13.6 Å². The fourth-order valence-corrected chi connectivity index (χ4v) is 3.65. The summed E-state index contributed by atoms with van der Waals surface area (Å²) in [7, 11) is 0. The highest BCUT2D eigenvalue weighted by molar-refractivity contribution is 8.00. The molecular formula is C21H19F2N3O2S. The first-order valence-electron chi connectivity index (χ1n) is 8.85. The van der Waals surface area contributed by atoms with E-state index in [0.717, 1.165) is 5.56 Å². The Morgan fingerprint density at radius 1 is 1.17 bits per heavy atom. The number of carbonyl (C=O) groups is 1. The first-order valence-corrected chi connectivity index (χ1v) is 9.73. The van der Waals surface area contributed by atoms with Crippen LogP contribution in [0.4, 0.5) is 8.78 Å². The van der Waals surface area contributed by atoms with E-state index in [1.165, 1.54) is 36.0 Å². The monoisotopic (exact) mass is 415 g/mol. The summed E-state index contributed by atoms with van der Waals surface area (Å²) in [5.41, 5.74) is 1.33. The molecule has 0 saturated carbocycles. The van der Waals surface area contributed by atoms with Gasteiger partial charge in [0.25, 0.3) is 0 Å². The molecule has 8 heteroatoms. The molecule has 0 saturated heterocycles. The molecule has 0 spiro atoms. The van der Waals surface area contributed by atoms with Gasteiger partial charge >= 0.3 is 6.61 Å². The lowest BCUT2D eigenvalue weighted by atomic mass is 10.1. The Kier molecular flexibility index (Phi) is 6.77. The maximum atomic E-state index is 12.7. The van der Waals surface area contributed by atoms with Gasteiger partial charge in [0.2, 0.25) is 0 Å². The lowest BCUT2D eigenvalue weighted by Gasteiger charge is -2.12. The van der Waals surface area contributed by atoms with Gasteiger partial charge in [0.15, 0.2) is 16.8 Å². The van der Waals surface area contributed by atoms with Gasteiger partial charge in [-0.3, -0.25) is 9.36 Å². The highest BCUT2D eigenvalue weighted by atomic mass is 32.2. The second-order valence-electron chi connectivity index (χ2n) is 6.10. The molecule has 29 heavy (non-hydrogen) atoms. The molecule has 0 N–H and O–H groups in total. The van der Waals surface area contributed by atoms with Crippen LogP contribution in [0.3, 0.4) is 0 Å². The average molecular weight is 415 g/mol. The fourth-order valence-electron chi connectivity index (χ4n) is 2.72. The lowest BCUT2D eigenvalue weighted by molar-refractivity contribution is -0.0498. The number of benzene rings is 2. The Balaban J connectivity index is 1.77. The molecule has 1 atom stereocenters. The van der Waals surface area contributed by atoms with E-state index in [-0.39, 0.29) is 11.5 Å². The molecule has 150 valence electrons. The zero-order valence-electron chi connectivity index (χ0n) is 15.7. The number of carbonyl (C=O) groups excluding carboxylic acids is 1. The Morgan fingerprint density at radius 3 is 2.48 bits per heavy atom. The van der Waals surface area contributed by atoms with Crippen molar-refractivity contribution in [2.45, 2.75) is 30.5 Å². The minimum Gasteiger partial charge on any atom is -0.435 e. The van der Waals surface area contributed by atoms with Crippen molar-refractivity contribution in [2.24, 2.45) is 0 Å². The number of Topliss-reactive ketones (excluding diaryl/α,β-unsaturated/α-hetero) is 1. The molecule has 0 aliphatic rings. The molecule has 0 aliphatic heterocycles. The third kappa shape index (κ3) is 5.08. The number of allylic oxidation sites excluding steroid dienone is 1. The minimum atomic E-state index is -2.90. The van der Waals surface area contributed by atoms with Crippen molar-refractivity contribution in [1.29, 1.82) is 0 Å². The summed E-state index contributed by atoms with van der Waals surface area (Å²) in [4.78, 5) is 12.7. The highest BCUT2D eigenvalue weighted by Crippen LogP contribution is 2.28. The number of halogens is 2. The summed E-state index contributed by atoms with van der Waals surface area (Å²) in [6.45, 7) is 3.15. The molecule has 0 bridgehead atoms. The molecule has 3 aromatic rings. The van der Waals surface area contributed by atoms with E-state index in [1.807, 2.05) is 34.9 Å². The van der Waals surface area contributed by atoms with Crippen LogP contribution in [0.25, 0.3) is 11.4 Å². The van der Waals surface area contributed by atoms with Crippen molar-refractivity contribution in [1.82, 2.24) is 14.8 Å². The predicted octanol–water partition coefficient (Wildman–Crippen LogP) is 5.10. The zero-order valence-corrected chi connectivity index (χ0v) is 16.5. The van der Waals surface area contributed by atoms with Crippen molar-refractivity contribution in [3.05, 3.63) is 72.8 Å².